The van der Waals surface area contributed by atoms with Crippen LogP contribution >= 0.6 is 0 Å². The fourth-order valence-electron chi connectivity index (χ4n) is 1.94. The number of rotatable bonds is 3. The molecule has 1 aromatic heterocycles. The summed E-state index contributed by atoms with van der Waals surface area (Å²) < 4.78 is 0. The molecule has 0 atom stereocenters. The Kier molecular flexibility index (Phi) is 2.42. The summed E-state index contributed by atoms with van der Waals surface area (Å²) in [6.45, 7) is 3.81. The van der Waals surface area contributed by atoms with Gasteiger partial charge in [0.25, 0.3) is 0 Å². The summed E-state index contributed by atoms with van der Waals surface area (Å²) in [7, 11) is 0. The maximum absolute atomic E-state index is 10.8. The molecule has 0 aliphatic carbocycles. The van der Waals surface area contributed by atoms with Crippen LogP contribution in [0.1, 0.15) is 26.0 Å². The molecule has 2 aromatic rings. The van der Waals surface area contributed by atoms with Crippen LogP contribution in [0, 0.1) is 0 Å². The largest absolute Gasteiger partial charge is 0.481 e. The van der Waals surface area contributed by atoms with Gasteiger partial charge in [-0.25, -0.2) is 0 Å². The summed E-state index contributed by atoms with van der Waals surface area (Å²) in [6.07, 6.45) is 0.0825. The summed E-state index contributed by atoms with van der Waals surface area (Å²) in [5.41, 5.74) is 1.31. The smallest absolute Gasteiger partial charge is 0.304 e. The van der Waals surface area contributed by atoms with Gasteiger partial charge in [-0.3, -0.25) is 9.89 Å². The van der Waals surface area contributed by atoms with Gasteiger partial charge in [-0.05, 0) is 6.07 Å². The quantitative estimate of drug-likeness (QED) is 0.830. The van der Waals surface area contributed by atoms with Crippen LogP contribution in [-0.2, 0) is 10.2 Å². The first kappa shape index (κ1) is 10.7. The molecule has 0 amide bonds. The lowest BCUT2D eigenvalue weighted by atomic mass is 9.84. The molecule has 0 unspecified atom stereocenters. The molecule has 0 saturated heterocycles. The predicted molar refractivity (Wildman–Crippen MR) is 61.4 cm³/mol. The molecule has 4 heteroatoms. The lowest BCUT2D eigenvalue weighted by Gasteiger charge is -2.20. The van der Waals surface area contributed by atoms with Gasteiger partial charge in [-0.15, -0.1) is 0 Å². The Morgan fingerprint density at radius 2 is 2.12 bits per heavy atom. The number of carboxylic acids is 1. The van der Waals surface area contributed by atoms with E-state index in [4.69, 9.17) is 5.11 Å². The van der Waals surface area contributed by atoms with E-state index in [-0.39, 0.29) is 6.42 Å². The molecule has 0 bridgehead atoms. The Morgan fingerprint density at radius 1 is 1.44 bits per heavy atom. The summed E-state index contributed by atoms with van der Waals surface area (Å²) in [5, 5.41) is 17.0. The number of H-pyrrole nitrogens is 1. The maximum Gasteiger partial charge on any atom is 0.304 e. The number of fused-ring (bicyclic) bond motifs is 1. The Labute approximate surface area is 93.3 Å². The third kappa shape index (κ3) is 1.78. The van der Waals surface area contributed by atoms with Crippen LogP contribution in [-0.4, -0.2) is 21.3 Å². The first-order chi connectivity index (χ1) is 7.50. The van der Waals surface area contributed by atoms with E-state index in [0.717, 1.165) is 16.6 Å². The van der Waals surface area contributed by atoms with Gasteiger partial charge >= 0.3 is 5.97 Å². The third-order valence-corrected chi connectivity index (χ3v) is 2.73. The topological polar surface area (TPSA) is 66.0 Å². The number of aromatic amines is 1. The molecule has 0 spiro atoms. The van der Waals surface area contributed by atoms with Crippen LogP contribution in [0.15, 0.2) is 24.3 Å². The van der Waals surface area contributed by atoms with E-state index >= 15 is 0 Å². The summed E-state index contributed by atoms with van der Waals surface area (Å²) in [5.74, 6) is -0.802. The van der Waals surface area contributed by atoms with Crippen LogP contribution in [0.4, 0.5) is 0 Å². The van der Waals surface area contributed by atoms with Crippen LogP contribution < -0.4 is 0 Å². The van der Waals surface area contributed by atoms with E-state index in [1.165, 1.54) is 0 Å². The molecule has 0 aliphatic heterocycles. The number of aliphatic carboxylic acids is 1. The Balaban J connectivity index is 2.50. The minimum atomic E-state index is -0.802. The van der Waals surface area contributed by atoms with Crippen LogP contribution in [0.3, 0.4) is 0 Å². The molecule has 84 valence electrons. The van der Waals surface area contributed by atoms with Gasteiger partial charge < -0.3 is 5.11 Å². The second kappa shape index (κ2) is 3.63. The van der Waals surface area contributed by atoms with Crippen molar-refractivity contribution in [1.82, 2.24) is 10.2 Å². The van der Waals surface area contributed by atoms with Crippen LogP contribution in [0.25, 0.3) is 10.9 Å². The molecule has 2 N–H and O–H groups in total. The number of aromatic nitrogens is 2. The van der Waals surface area contributed by atoms with Crippen molar-refractivity contribution in [3.05, 3.63) is 30.0 Å². The highest BCUT2D eigenvalue weighted by molar-refractivity contribution is 5.83. The van der Waals surface area contributed by atoms with Crippen LogP contribution in [0.2, 0.25) is 0 Å². The van der Waals surface area contributed by atoms with Gasteiger partial charge in [0.2, 0.25) is 0 Å². The van der Waals surface area contributed by atoms with Crippen molar-refractivity contribution in [2.75, 3.05) is 0 Å². The molecule has 2 rings (SSSR count). The van der Waals surface area contributed by atoms with Crippen molar-refractivity contribution in [3.63, 3.8) is 0 Å². The molecule has 4 nitrogen and oxygen atoms in total. The third-order valence-electron chi connectivity index (χ3n) is 2.73. The van der Waals surface area contributed by atoms with Gasteiger partial charge in [0, 0.05) is 16.5 Å². The van der Waals surface area contributed by atoms with Crippen LogP contribution in [0.5, 0.6) is 0 Å². The molecular weight excluding hydrogens is 204 g/mol. The lowest BCUT2D eigenvalue weighted by molar-refractivity contribution is -0.138. The highest BCUT2D eigenvalue weighted by atomic mass is 16.4. The Morgan fingerprint density at radius 3 is 2.81 bits per heavy atom. The normalized spacial score (nSPS) is 11.9. The average Bonchev–Trinajstić information content (AvgIpc) is 2.59. The average molecular weight is 218 g/mol. The second-order valence-electron chi connectivity index (χ2n) is 4.57. The number of para-hydroxylation sites is 1. The fraction of sp³-hybridized carbons (Fsp3) is 0.333. The van der Waals surface area contributed by atoms with Gasteiger partial charge in [-0.1, -0.05) is 32.0 Å². The van der Waals surface area contributed by atoms with Crippen molar-refractivity contribution >= 4 is 16.9 Å². The fourth-order valence-corrected chi connectivity index (χ4v) is 1.94. The minimum Gasteiger partial charge on any atom is -0.481 e. The number of carboxylic acid groups (broad SMARTS) is 1. The zero-order chi connectivity index (χ0) is 11.8. The summed E-state index contributed by atoms with van der Waals surface area (Å²) in [6, 6.07) is 7.71. The standard InChI is InChI=1S/C12H14N2O2/c1-12(2,7-10(15)16)11-8-5-3-4-6-9(8)13-14-11/h3-6H,7H2,1-2H3,(H,13,14)(H,15,16). The predicted octanol–water partition coefficient (Wildman–Crippen LogP) is 2.32. The van der Waals surface area contributed by atoms with E-state index < -0.39 is 11.4 Å². The monoisotopic (exact) mass is 218 g/mol. The number of hydrogen-bond acceptors (Lipinski definition) is 2. The molecule has 0 saturated carbocycles. The van der Waals surface area contributed by atoms with Crippen molar-refractivity contribution < 1.29 is 9.90 Å². The zero-order valence-electron chi connectivity index (χ0n) is 9.32. The van der Waals surface area contributed by atoms with E-state index in [2.05, 4.69) is 10.2 Å². The highest BCUT2D eigenvalue weighted by Crippen LogP contribution is 2.30. The molecule has 1 aromatic carbocycles. The molecule has 1 heterocycles. The van der Waals surface area contributed by atoms with Gasteiger partial charge in [-0.2, -0.15) is 5.10 Å². The van der Waals surface area contributed by atoms with E-state index in [9.17, 15) is 4.79 Å². The number of nitrogens with one attached hydrogen (secondary N) is 1. The van der Waals surface area contributed by atoms with Crippen molar-refractivity contribution in [2.24, 2.45) is 0 Å². The molecule has 0 aliphatic rings. The second-order valence-corrected chi connectivity index (χ2v) is 4.57. The molecular formula is C12H14N2O2. The highest BCUT2D eigenvalue weighted by Gasteiger charge is 2.27. The van der Waals surface area contributed by atoms with E-state index in [0.29, 0.717) is 0 Å². The van der Waals surface area contributed by atoms with Gasteiger partial charge in [0.1, 0.15) is 0 Å². The number of hydrogen-bond donors (Lipinski definition) is 2. The van der Waals surface area contributed by atoms with Gasteiger partial charge in [0.05, 0.1) is 11.9 Å². The lowest BCUT2D eigenvalue weighted by Crippen LogP contribution is -2.22. The minimum absolute atomic E-state index is 0.0825. The molecule has 0 radical (unpaired) electrons. The molecule has 0 fully saturated rings. The van der Waals surface area contributed by atoms with E-state index in [1.807, 2.05) is 38.1 Å². The number of carbonyl (C=O) groups is 1. The maximum atomic E-state index is 10.8. The zero-order valence-corrected chi connectivity index (χ0v) is 9.32. The molecule has 16 heavy (non-hydrogen) atoms. The van der Waals surface area contributed by atoms with Crippen molar-refractivity contribution in [1.29, 1.82) is 0 Å². The summed E-state index contributed by atoms with van der Waals surface area (Å²) >= 11 is 0. The number of nitrogens with zero attached hydrogens (tertiary/aromatic N) is 1. The summed E-state index contributed by atoms with van der Waals surface area (Å²) in [4.78, 5) is 10.8. The van der Waals surface area contributed by atoms with Gasteiger partial charge in [0.15, 0.2) is 0 Å². The van der Waals surface area contributed by atoms with Crippen molar-refractivity contribution in [2.45, 2.75) is 25.7 Å². The van der Waals surface area contributed by atoms with E-state index in [1.54, 1.807) is 0 Å². The number of benzene rings is 1. The SMILES string of the molecule is CC(C)(CC(=O)O)c1[nH]nc2ccccc12. The Bertz CT molecular complexity index is 529. The Hall–Kier alpha value is -1.84. The first-order valence-electron chi connectivity index (χ1n) is 5.16. The van der Waals surface area contributed by atoms with Crippen molar-refractivity contribution in [3.8, 4) is 0 Å². The first-order valence-corrected chi connectivity index (χ1v) is 5.16.